The fourth-order valence-electron chi connectivity index (χ4n) is 4.22. The molecule has 0 atom stereocenters. The first-order valence-corrected chi connectivity index (χ1v) is 11.7. The second-order valence-corrected chi connectivity index (χ2v) is 8.97. The highest BCUT2D eigenvalue weighted by Crippen LogP contribution is 2.45. The van der Waals surface area contributed by atoms with E-state index in [1.807, 2.05) is 29.8 Å². The van der Waals surface area contributed by atoms with Crippen LogP contribution < -0.4 is 0 Å². The third-order valence-electron chi connectivity index (χ3n) is 6.03. The minimum atomic E-state index is -0.992. The average molecular weight is 457 g/mol. The molecule has 0 saturated heterocycles. The molecule has 2 aromatic carbocycles. The maximum absolute atomic E-state index is 15.0. The first-order chi connectivity index (χ1) is 16.1. The number of allylic oxidation sites excluding steroid dienone is 1. The number of carbonyl (C=O) groups is 1. The standard InChI is InChI=1S/C27H21FN2O2S/c28-21-5-2-14-29-27(21)26(18-3-1-4-18)25(20-11-12-23-22(15-20)30-16-33-23)19-9-6-17(7-10-19)8-13-24(31)32/h2,5-16,18H,1,3-4H2,(H,31,32). The molecule has 1 aliphatic rings. The number of hydrogen-bond acceptors (Lipinski definition) is 4. The maximum atomic E-state index is 15.0. The highest BCUT2D eigenvalue weighted by molar-refractivity contribution is 7.16. The van der Waals surface area contributed by atoms with Crippen LogP contribution in [0.3, 0.4) is 0 Å². The second kappa shape index (κ2) is 9.08. The van der Waals surface area contributed by atoms with E-state index in [0.29, 0.717) is 5.69 Å². The van der Waals surface area contributed by atoms with Gasteiger partial charge in [0.05, 0.1) is 15.7 Å². The van der Waals surface area contributed by atoms with Crippen LogP contribution in [-0.4, -0.2) is 21.0 Å². The van der Waals surface area contributed by atoms with Crippen LogP contribution in [-0.2, 0) is 4.79 Å². The zero-order valence-corrected chi connectivity index (χ0v) is 18.6. The molecule has 4 aromatic rings. The normalized spacial score (nSPS) is 14.9. The molecule has 0 unspecified atom stereocenters. The number of benzene rings is 2. The highest BCUT2D eigenvalue weighted by Gasteiger charge is 2.29. The Balaban J connectivity index is 1.74. The van der Waals surface area contributed by atoms with Gasteiger partial charge in [-0.1, -0.05) is 36.8 Å². The van der Waals surface area contributed by atoms with Gasteiger partial charge in [-0.25, -0.2) is 14.2 Å². The van der Waals surface area contributed by atoms with Gasteiger partial charge in [-0.3, -0.25) is 4.98 Å². The predicted octanol–water partition coefficient (Wildman–Crippen LogP) is 6.69. The van der Waals surface area contributed by atoms with Gasteiger partial charge in [0.15, 0.2) is 0 Å². The van der Waals surface area contributed by atoms with E-state index in [-0.39, 0.29) is 11.7 Å². The van der Waals surface area contributed by atoms with E-state index >= 15 is 4.39 Å². The zero-order valence-electron chi connectivity index (χ0n) is 17.7. The predicted molar refractivity (Wildman–Crippen MR) is 130 cm³/mol. The van der Waals surface area contributed by atoms with E-state index in [9.17, 15) is 4.79 Å². The third kappa shape index (κ3) is 4.34. The molecule has 164 valence electrons. The van der Waals surface area contributed by atoms with Crippen molar-refractivity contribution >= 4 is 44.7 Å². The number of carboxylic acids is 1. The van der Waals surface area contributed by atoms with E-state index in [2.05, 4.69) is 28.2 Å². The number of thiazole rings is 1. The van der Waals surface area contributed by atoms with Gasteiger partial charge in [0.1, 0.15) is 11.5 Å². The Labute approximate surface area is 194 Å². The average Bonchev–Trinajstić information content (AvgIpc) is 3.25. The van der Waals surface area contributed by atoms with Crippen LogP contribution in [0.25, 0.3) is 27.4 Å². The van der Waals surface area contributed by atoms with E-state index in [0.717, 1.165) is 63.4 Å². The van der Waals surface area contributed by atoms with Crippen molar-refractivity contribution in [3.05, 3.63) is 101 Å². The molecule has 2 aromatic heterocycles. The lowest BCUT2D eigenvalue weighted by Crippen LogP contribution is -2.17. The van der Waals surface area contributed by atoms with Gasteiger partial charge >= 0.3 is 5.97 Å². The minimum Gasteiger partial charge on any atom is -0.478 e. The molecule has 1 fully saturated rings. The van der Waals surface area contributed by atoms with Gasteiger partial charge in [-0.05, 0) is 76.9 Å². The molecule has 1 N–H and O–H groups in total. The Hall–Kier alpha value is -3.64. The lowest BCUT2D eigenvalue weighted by Gasteiger charge is -2.31. The van der Waals surface area contributed by atoms with Crippen LogP contribution in [0.15, 0.2) is 72.4 Å². The number of carboxylic acid groups (broad SMARTS) is 1. The third-order valence-corrected chi connectivity index (χ3v) is 6.84. The number of hydrogen-bond donors (Lipinski definition) is 1. The molecule has 0 radical (unpaired) electrons. The number of aromatic nitrogens is 2. The highest BCUT2D eigenvalue weighted by atomic mass is 32.1. The Morgan fingerprint density at radius 2 is 1.85 bits per heavy atom. The van der Waals surface area contributed by atoms with Gasteiger partial charge < -0.3 is 5.11 Å². The molecule has 0 spiro atoms. The first-order valence-electron chi connectivity index (χ1n) is 10.8. The van der Waals surface area contributed by atoms with Crippen molar-refractivity contribution in [3.63, 3.8) is 0 Å². The Kier molecular flexibility index (Phi) is 5.84. The summed E-state index contributed by atoms with van der Waals surface area (Å²) < 4.78 is 16.1. The number of rotatable bonds is 6. The van der Waals surface area contributed by atoms with Crippen LogP contribution >= 0.6 is 11.3 Å². The SMILES string of the molecule is O=C(O)C=Cc1ccc(C(=C(c2ncccc2F)C2CCC2)c2ccc3scnc3c2)cc1. The van der Waals surface area contributed by atoms with Crippen molar-refractivity contribution in [2.45, 2.75) is 19.3 Å². The number of aliphatic carboxylic acids is 1. The van der Waals surface area contributed by atoms with E-state index in [1.54, 1.807) is 29.7 Å². The molecule has 4 nitrogen and oxygen atoms in total. The Bertz CT molecular complexity index is 1380. The monoisotopic (exact) mass is 456 g/mol. The lowest BCUT2D eigenvalue weighted by atomic mass is 9.74. The summed E-state index contributed by atoms with van der Waals surface area (Å²) in [6, 6.07) is 16.9. The van der Waals surface area contributed by atoms with E-state index in [1.165, 1.54) is 6.07 Å². The van der Waals surface area contributed by atoms with Gasteiger partial charge in [-0.15, -0.1) is 11.3 Å². The fourth-order valence-corrected chi connectivity index (χ4v) is 4.87. The molecule has 1 saturated carbocycles. The van der Waals surface area contributed by atoms with Crippen LogP contribution in [0, 0.1) is 11.7 Å². The van der Waals surface area contributed by atoms with Crippen molar-refractivity contribution in [1.29, 1.82) is 0 Å². The number of halogens is 1. The molecule has 2 heterocycles. The molecule has 5 rings (SSSR count). The van der Waals surface area contributed by atoms with Crippen molar-refractivity contribution in [1.82, 2.24) is 9.97 Å². The van der Waals surface area contributed by atoms with Crippen molar-refractivity contribution in [3.8, 4) is 0 Å². The van der Waals surface area contributed by atoms with Crippen LogP contribution in [0.2, 0.25) is 0 Å². The van der Waals surface area contributed by atoms with Crippen molar-refractivity contribution < 1.29 is 14.3 Å². The smallest absolute Gasteiger partial charge is 0.328 e. The number of nitrogens with zero attached hydrogens (tertiary/aromatic N) is 2. The van der Waals surface area contributed by atoms with Gasteiger partial charge in [0.25, 0.3) is 0 Å². The molecule has 6 heteroatoms. The Morgan fingerprint density at radius 1 is 1.06 bits per heavy atom. The van der Waals surface area contributed by atoms with Crippen LogP contribution in [0.5, 0.6) is 0 Å². The van der Waals surface area contributed by atoms with Gasteiger partial charge in [-0.2, -0.15) is 0 Å². The summed E-state index contributed by atoms with van der Waals surface area (Å²) in [5.74, 6) is -1.09. The largest absolute Gasteiger partial charge is 0.478 e. The molecular weight excluding hydrogens is 435 g/mol. The van der Waals surface area contributed by atoms with E-state index < -0.39 is 5.97 Å². The van der Waals surface area contributed by atoms with Crippen LogP contribution in [0.1, 0.15) is 41.6 Å². The summed E-state index contributed by atoms with van der Waals surface area (Å²) in [6.07, 6.45) is 7.41. The molecular formula is C27H21FN2O2S. The van der Waals surface area contributed by atoms with Crippen LogP contribution in [0.4, 0.5) is 4.39 Å². The molecule has 33 heavy (non-hydrogen) atoms. The maximum Gasteiger partial charge on any atom is 0.328 e. The molecule has 0 amide bonds. The van der Waals surface area contributed by atoms with Gasteiger partial charge in [0, 0.05) is 12.3 Å². The minimum absolute atomic E-state index is 0.224. The summed E-state index contributed by atoms with van der Waals surface area (Å²) in [4.78, 5) is 19.8. The summed E-state index contributed by atoms with van der Waals surface area (Å²) in [7, 11) is 0. The summed E-state index contributed by atoms with van der Waals surface area (Å²) in [5.41, 5.74) is 7.68. The summed E-state index contributed by atoms with van der Waals surface area (Å²) in [5, 5.41) is 8.91. The number of pyridine rings is 1. The second-order valence-electron chi connectivity index (χ2n) is 8.08. The number of fused-ring (bicyclic) bond motifs is 1. The van der Waals surface area contributed by atoms with Gasteiger partial charge in [0.2, 0.25) is 0 Å². The quantitative estimate of drug-likeness (QED) is 0.329. The topological polar surface area (TPSA) is 63.1 Å². The summed E-state index contributed by atoms with van der Waals surface area (Å²) >= 11 is 1.59. The zero-order chi connectivity index (χ0) is 22.8. The van der Waals surface area contributed by atoms with Crippen molar-refractivity contribution in [2.24, 2.45) is 5.92 Å². The molecule has 1 aliphatic carbocycles. The van der Waals surface area contributed by atoms with Crippen molar-refractivity contribution in [2.75, 3.05) is 0 Å². The lowest BCUT2D eigenvalue weighted by molar-refractivity contribution is -0.131. The summed E-state index contributed by atoms with van der Waals surface area (Å²) in [6.45, 7) is 0. The Morgan fingerprint density at radius 3 is 2.55 bits per heavy atom. The molecule has 0 aliphatic heterocycles. The first kappa shape index (κ1) is 21.2. The molecule has 0 bridgehead atoms. The fraction of sp³-hybridized carbons (Fsp3) is 0.148. The van der Waals surface area contributed by atoms with E-state index in [4.69, 9.17) is 5.11 Å².